The van der Waals surface area contributed by atoms with E-state index in [9.17, 15) is 4.79 Å². The maximum atomic E-state index is 12.3. The number of rotatable bonds is 5. The standard InChI is InChI=1S/C15H24N2O2/c1-6-19-12-9-7-11(8-10-12)17-13(18)14(2,3)15(4,5)16/h7-10H,6,16H2,1-5H3,(H,17,18). The zero-order valence-corrected chi connectivity index (χ0v) is 12.4. The summed E-state index contributed by atoms with van der Waals surface area (Å²) in [4.78, 5) is 12.3. The molecule has 0 heterocycles. The summed E-state index contributed by atoms with van der Waals surface area (Å²) in [6.07, 6.45) is 0. The number of amides is 1. The number of nitrogens with two attached hydrogens (primary N) is 1. The monoisotopic (exact) mass is 264 g/mol. The van der Waals surface area contributed by atoms with E-state index in [-0.39, 0.29) is 5.91 Å². The van der Waals surface area contributed by atoms with E-state index in [2.05, 4.69) is 5.32 Å². The second-order valence-corrected chi connectivity index (χ2v) is 5.76. The molecule has 1 amide bonds. The lowest BCUT2D eigenvalue weighted by Gasteiger charge is -2.36. The van der Waals surface area contributed by atoms with Gasteiger partial charge >= 0.3 is 0 Å². The second kappa shape index (κ2) is 5.61. The number of anilines is 1. The van der Waals surface area contributed by atoms with Crippen LogP contribution in [0.3, 0.4) is 0 Å². The zero-order chi connectivity index (χ0) is 14.7. The van der Waals surface area contributed by atoms with Crippen LogP contribution in [-0.2, 0) is 4.79 Å². The molecule has 106 valence electrons. The van der Waals surface area contributed by atoms with E-state index < -0.39 is 11.0 Å². The van der Waals surface area contributed by atoms with Crippen molar-refractivity contribution in [1.29, 1.82) is 0 Å². The number of ether oxygens (including phenoxy) is 1. The molecule has 4 nitrogen and oxygen atoms in total. The van der Waals surface area contributed by atoms with Crippen molar-refractivity contribution in [3.63, 3.8) is 0 Å². The van der Waals surface area contributed by atoms with Gasteiger partial charge in [-0.3, -0.25) is 4.79 Å². The number of hydrogen-bond donors (Lipinski definition) is 2. The van der Waals surface area contributed by atoms with E-state index in [4.69, 9.17) is 10.5 Å². The Hall–Kier alpha value is -1.55. The summed E-state index contributed by atoms with van der Waals surface area (Å²) in [6, 6.07) is 7.31. The van der Waals surface area contributed by atoms with Crippen molar-refractivity contribution in [3.8, 4) is 5.75 Å². The first-order valence-electron chi connectivity index (χ1n) is 6.51. The zero-order valence-electron chi connectivity index (χ0n) is 12.4. The predicted molar refractivity (Wildman–Crippen MR) is 78.3 cm³/mol. The molecule has 0 atom stereocenters. The Morgan fingerprint density at radius 2 is 1.74 bits per heavy atom. The van der Waals surface area contributed by atoms with Gasteiger partial charge < -0.3 is 15.8 Å². The Kier molecular flexibility index (Phi) is 4.58. The van der Waals surface area contributed by atoms with Crippen molar-refractivity contribution >= 4 is 11.6 Å². The molecule has 1 rings (SSSR count). The van der Waals surface area contributed by atoms with Gasteiger partial charge in [-0.2, -0.15) is 0 Å². The lowest BCUT2D eigenvalue weighted by Crippen LogP contribution is -2.53. The third-order valence-electron chi connectivity index (χ3n) is 3.60. The van der Waals surface area contributed by atoms with Crippen LogP contribution in [0.25, 0.3) is 0 Å². The van der Waals surface area contributed by atoms with E-state index in [1.165, 1.54) is 0 Å². The van der Waals surface area contributed by atoms with Gasteiger partial charge in [0, 0.05) is 11.2 Å². The first-order chi connectivity index (χ1) is 8.68. The lowest BCUT2D eigenvalue weighted by molar-refractivity contribution is -0.126. The number of nitrogens with one attached hydrogen (secondary N) is 1. The average molecular weight is 264 g/mol. The molecule has 0 bridgehead atoms. The minimum absolute atomic E-state index is 0.0934. The van der Waals surface area contributed by atoms with Crippen LogP contribution in [0.1, 0.15) is 34.6 Å². The molecule has 0 aliphatic rings. The number of hydrogen-bond acceptors (Lipinski definition) is 3. The van der Waals surface area contributed by atoms with E-state index in [1.54, 1.807) is 0 Å². The van der Waals surface area contributed by atoms with Crippen LogP contribution in [0.15, 0.2) is 24.3 Å². The molecule has 19 heavy (non-hydrogen) atoms. The molecule has 0 saturated heterocycles. The molecule has 0 saturated carbocycles. The molecule has 0 aliphatic carbocycles. The van der Waals surface area contributed by atoms with Crippen LogP contribution in [0.5, 0.6) is 5.75 Å². The van der Waals surface area contributed by atoms with Crippen molar-refractivity contribution in [2.75, 3.05) is 11.9 Å². The molecule has 3 N–H and O–H groups in total. The van der Waals surface area contributed by atoms with Crippen LogP contribution in [-0.4, -0.2) is 18.1 Å². The summed E-state index contributed by atoms with van der Waals surface area (Å²) in [5.41, 5.74) is 5.54. The van der Waals surface area contributed by atoms with Crippen LogP contribution in [0.2, 0.25) is 0 Å². The van der Waals surface area contributed by atoms with E-state index in [0.717, 1.165) is 11.4 Å². The fourth-order valence-electron chi connectivity index (χ4n) is 1.38. The highest BCUT2D eigenvalue weighted by Gasteiger charge is 2.40. The summed E-state index contributed by atoms with van der Waals surface area (Å²) < 4.78 is 5.35. The van der Waals surface area contributed by atoms with Gasteiger partial charge in [0.15, 0.2) is 0 Å². The van der Waals surface area contributed by atoms with Crippen molar-refractivity contribution in [3.05, 3.63) is 24.3 Å². The van der Waals surface area contributed by atoms with Crippen LogP contribution in [0, 0.1) is 5.41 Å². The summed E-state index contributed by atoms with van der Waals surface area (Å²) in [5.74, 6) is 0.697. The molecule has 1 aromatic carbocycles. The quantitative estimate of drug-likeness (QED) is 0.859. The van der Waals surface area contributed by atoms with Crippen LogP contribution < -0.4 is 15.8 Å². The van der Waals surface area contributed by atoms with Crippen molar-refractivity contribution in [1.82, 2.24) is 0 Å². The summed E-state index contributed by atoms with van der Waals surface area (Å²) >= 11 is 0. The van der Waals surface area contributed by atoms with Crippen LogP contribution >= 0.6 is 0 Å². The maximum Gasteiger partial charge on any atom is 0.231 e. The summed E-state index contributed by atoms with van der Waals surface area (Å²) in [7, 11) is 0. The lowest BCUT2D eigenvalue weighted by atomic mass is 9.74. The molecule has 0 fully saturated rings. The van der Waals surface area contributed by atoms with Crippen molar-refractivity contribution < 1.29 is 9.53 Å². The van der Waals surface area contributed by atoms with E-state index in [1.807, 2.05) is 58.9 Å². The molecule has 0 spiro atoms. The fourth-order valence-corrected chi connectivity index (χ4v) is 1.38. The smallest absolute Gasteiger partial charge is 0.231 e. The first-order valence-corrected chi connectivity index (χ1v) is 6.51. The SMILES string of the molecule is CCOc1ccc(NC(=O)C(C)(C)C(C)(C)N)cc1. The maximum absolute atomic E-state index is 12.3. The fraction of sp³-hybridized carbons (Fsp3) is 0.533. The molecule has 4 heteroatoms. The van der Waals surface area contributed by atoms with Gasteiger partial charge in [-0.05, 0) is 58.9 Å². The number of benzene rings is 1. The van der Waals surface area contributed by atoms with E-state index in [0.29, 0.717) is 6.61 Å². The average Bonchev–Trinajstić information content (AvgIpc) is 2.30. The minimum Gasteiger partial charge on any atom is -0.494 e. The highest BCUT2D eigenvalue weighted by atomic mass is 16.5. The molecule has 0 radical (unpaired) electrons. The van der Waals surface area contributed by atoms with Gasteiger partial charge in [0.05, 0.1) is 12.0 Å². The van der Waals surface area contributed by atoms with E-state index >= 15 is 0 Å². The minimum atomic E-state index is -0.661. The summed E-state index contributed by atoms with van der Waals surface area (Å²) in [6.45, 7) is 9.95. The van der Waals surface area contributed by atoms with Gasteiger partial charge in [0.1, 0.15) is 5.75 Å². The molecule has 1 aromatic rings. The molecule has 0 aliphatic heterocycles. The van der Waals surface area contributed by atoms with Gasteiger partial charge in [-0.15, -0.1) is 0 Å². The van der Waals surface area contributed by atoms with Gasteiger partial charge in [-0.25, -0.2) is 0 Å². The Balaban J connectivity index is 2.77. The third kappa shape index (κ3) is 3.70. The Labute approximate surface area is 115 Å². The Bertz CT molecular complexity index is 430. The topological polar surface area (TPSA) is 64.3 Å². The highest BCUT2D eigenvalue weighted by molar-refractivity contribution is 5.95. The first kappa shape index (κ1) is 15.5. The Morgan fingerprint density at radius 1 is 1.21 bits per heavy atom. The van der Waals surface area contributed by atoms with Gasteiger partial charge in [-0.1, -0.05) is 0 Å². The number of carbonyl (C=O) groups is 1. The summed E-state index contributed by atoms with van der Waals surface area (Å²) in [5, 5.41) is 2.88. The van der Waals surface area contributed by atoms with Crippen LogP contribution in [0.4, 0.5) is 5.69 Å². The number of carbonyl (C=O) groups excluding carboxylic acids is 1. The second-order valence-electron chi connectivity index (χ2n) is 5.76. The normalized spacial score (nSPS) is 12.1. The largest absolute Gasteiger partial charge is 0.494 e. The van der Waals surface area contributed by atoms with Gasteiger partial charge in [0.25, 0.3) is 0 Å². The molecular weight excluding hydrogens is 240 g/mol. The third-order valence-corrected chi connectivity index (χ3v) is 3.60. The molecule has 0 aromatic heterocycles. The predicted octanol–water partition coefficient (Wildman–Crippen LogP) is 2.79. The van der Waals surface area contributed by atoms with Gasteiger partial charge in [0.2, 0.25) is 5.91 Å². The van der Waals surface area contributed by atoms with Crippen molar-refractivity contribution in [2.45, 2.75) is 40.2 Å². The molecular formula is C15H24N2O2. The Morgan fingerprint density at radius 3 is 2.16 bits per heavy atom. The highest BCUT2D eigenvalue weighted by Crippen LogP contribution is 2.30. The molecule has 0 unspecified atom stereocenters. The van der Waals surface area contributed by atoms with Crippen molar-refractivity contribution in [2.24, 2.45) is 11.1 Å².